The summed E-state index contributed by atoms with van der Waals surface area (Å²) in [5.41, 5.74) is -0.642. The molecular formula is C11H12N4O4. The molecule has 0 spiro atoms. The number of hydrogen-bond donors (Lipinski definition) is 1. The number of pyridine rings is 1. The van der Waals surface area contributed by atoms with Crippen molar-refractivity contribution in [3.63, 3.8) is 0 Å². The molecule has 1 aromatic rings. The maximum atomic E-state index is 10.7. The van der Waals surface area contributed by atoms with Gasteiger partial charge in [-0.05, 0) is 13.0 Å². The molecule has 0 radical (unpaired) electrons. The van der Waals surface area contributed by atoms with Crippen LogP contribution in [0.1, 0.15) is 19.0 Å². The Morgan fingerprint density at radius 2 is 2.32 bits per heavy atom. The maximum Gasteiger partial charge on any atom is 0.305 e. The van der Waals surface area contributed by atoms with Gasteiger partial charge in [0.05, 0.1) is 11.3 Å². The Morgan fingerprint density at radius 1 is 1.63 bits per heavy atom. The summed E-state index contributed by atoms with van der Waals surface area (Å²) in [6, 6.07) is 4.27. The van der Waals surface area contributed by atoms with Crippen molar-refractivity contribution in [3.05, 3.63) is 27.9 Å². The third-order valence-electron chi connectivity index (χ3n) is 2.46. The number of anilines is 1. The van der Waals surface area contributed by atoms with Crippen LogP contribution in [-0.2, 0) is 4.79 Å². The van der Waals surface area contributed by atoms with Crippen LogP contribution in [0.2, 0.25) is 0 Å². The van der Waals surface area contributed by atoms with Gasteiger partial charge in [0, 0.05) is 19.2 Å². The number of carboxylic acid groups (broad SMARTS) is 1. The number of nitro groups is 1. The number of aromatic nitrogens is 1. The van der Waals surface area contributed by atoms with Gasteiger partial charge in [-0.2, -0.15) is 5.26 Å². The van der Waals surface area contributed by atoms with Crippen LogP contribution in [-0.4, -0.2) is 34.1 Å². The number of nitriles is 1. The normalized spacial score (nSPS) is 9.68. The average Bonchev–Trinajstić information content (AvgIpc) is 2.38. The molecule has 0 aliphatic carbocycles. The molecule has 0 fully saturated rings. The molecule has 0 unspecified atom stereocenters. The fraction of sp³-hybridized carbons (Fsp3) is 0.364. The van der Waals surface area contributed by atoms with E-state index in [1.807, 2.05) is 0 Å². The number of carboxylic acids is 1. The summed E-state index contributed by atoms with van der Waals surface area (Å²) in [7, 11) is 0. The van der Waals surface area contributed by atoms with Crippen LogP contribution in [0.15, 0.2) is 12.1 Å². The first kappa shape index (κ1) is 14.4. The van der Waals surface area contributed by atoms with E-state index in [9.17, 15) is 14.9 Å². The molecular weight excluding hydrogens is 252 g/mol. The van der Waals surface area contributed by atoms with Gasteiger partial charge in [0.2, 0.25) is 5.69 Å². The van der Waals surface area contributed by atoms with Crippen molar-refractivity contribution in [2.75, 3.05) is 18.0 Å². The predicted molar refractivity (Wildman–Crippen MR) is 65.7 cm³/mol. The zero-order valence-corrected chi connectivity index (χ0v) is 10.2. The third kappa shape index (κ3) is 3.64. The Hall–Kier alpha value is -2.69. The molecule has 0 saturated carbocycles. The molecule has 0 saturated heterocycles. The van der Waals surface area contributed by atoms with Crippen LogP contribution < -0.4 is 4.90 Å². The minimum atomic E-state index is -0.944. The van der Waals surface area contributed by atoms with Crippen molar-refractivity contribution < 1.29 is 14.8 Å². The van der Waals surface area contributed by atoms with Gasteiger partial charge in [0.25, 0.3) is 0 Å². The fourth-order valence-corrected chi connectivity index (χ4v) is 1.51. The molecule has 8 heteroatoms. The Bertz CT molecular complexity index is 538. The zero-order chi connectivity index (χ0) is 14.4. The minimum Gasteiger partial charge on any atom is -0.481 e. The highest BCUT2D eigenvalue weighted by Crippen LogP contribution is 2.20. The molecule has 1 rings (SSSR count). The van der Waals surface area contributed by atoms with Crippen LogP contribution in [0.5, 0.6) is 0 Å². The zero-order valence-electron chi connectivity index (χ0n) is 10.2. The van der Waals surface area contributed by atoms with Gasteiger partial charge in [0.1, 0.15) is 11.9 Å². The van der Waals surface area contributed by atoms with Gasteiger partial charge in [0.15, 0.2) is 0 Å². The number of nitrogens with zero attached hydrogens (tertiary/aromatic N) is 4. The second-order valence-electron chi connectivity index (χ2n) is 3.63. The maximum absolute atomic E-state index is 10.7. The molecule has 0 amide bonds. The first-order chi connectivity index (χ1) is 8.99. The second kappa shape index (κ2) is 6.30. The molecule has 0 bridgehead atoms. The van der Waals surface area contributed by atoms with E-state index in [4.69, 9.17) is 10.4 Å². The first-order valence-electron chi connectivity index (χ1n) is 5.51. The van der Waals surface area contributed by atoms with E-state index in [0.717, 1.165) is 0 Å². The Morgan fingerprint density at radius 3 is 2.79 bits per heavy atom. The van der Waals surface area contributed by atoms with Gasteiger partial charge < -0.3 is 10.0 Å². The number of hydrogen-bond acceptors (Lipinski definition) is 6. The summed E-state index contributed by atoms with van der Waals surface area (Å²) in [5, 5.41) is 28.1. The second-order valence-corrected chi connectivity index (χ2v) is 3.63. The Labute approximate surface area is 109 Å². The van der Waals surface area contributed by atoms with Crippen LogP contribution in [0.25, 0.3) is 0 Å². The lowest BCUT2D eigenvalue weighted by atomic mass is 10.3. The molecule has 1 aromatic heterocycles. The van der Waals surface area contributed by atoms with Crippen molar-refractivity contribution >= 4 is 17.5 Å². The van der Waals surface area contributed by atoms with E-state index >= 15 is 0 Å². The van der Waals surface area contributed by atoms with E-state index in [-0.39, 0.29) is 24.3 Å². The topological polar surface area (TPSA) is 120 Å². The van der Waals surface area contributed by atoms with E-state index in [1.165, 1.54) is 12.1 Å². The summed E-state index contributed by atoms with van der Waals surface area (Å²) < 4.78 is 0. The Kier molecular flexibility index (Phi) is 4.76. The SMILES string of the molecule is CCN(CCC(=O)O)c1ccc([N+](=O)[O-])c(C#N)n1. The van der Waals surface area contributed by atoms with Gasteiger partial charge in [-0.25, -0.2) is 4.98 Å². The Balaban J connectivity index is 3.03. The lowest BCUT2D eigenvalue weighted by Gasteiger charge is -2.20. The third-order valence-corrected chi connectivity index (χ3v) is 2.46. The van der Waals surface area contributed by atoms with Crippen LogP contribution in [0, 0.1) is 21.4 Å². The summed E-state index contributed by atoms with van der Waals surface area (Å²) in [4.78, 5) is 26.0. The van der Waals surface area contributed by atoms with Crippen molar-refractivity contribution in [2.45, 2.75) is 13.3 Å². The van der Waals surface area contributed by atoms with Gasteiger partial charge in [-0.1, -0.05) is 0 Å². The molecule has 1 heterocycles. The van der Waals surface area contributed by atoms with E-state index < -0.39 is 10.9 Å². The van der Waals surface area contributed by atoms with E-state index in [1.54, 1.807) is 17.9 Å². The first-order valence-corrected chi connectivity index (χ1v) is 5.51. The molecule has 0 aliphatic heterocycles. The molecule has 8 nitrogen and oxygen atoms in total. The summed E-state index contributed by atoms with van der Waals surface area (Å²) in [5.74, 6) is -0.591. The average molecular weight is 264 g/mol. The van der Waals surface area contributed by atoms with Crippen molar-refractivity contribution in [1.82, 2.24) is 4.98 Å². The smallest absolute Gasteiger partial charge is 0.305 e. The molecule has 0 aromatic carbocycles. The standard InChI is InChI=1S/C11H12N4O4/c1-2-14(6-5-11(16)17)10-4-3-9(15(18)19)8(7-12)13-10/h3-4H,2,5-6H2,1H3,(H,16,17). The van der Waals surface area contributed by atoms with E-state index in [2.05, 4.69) is 4.98 Å². The number of carbonyl (C=O) groups is 1. The minimum absolute atomic E-state index is 0.0750. The molecule has 1 N–H and O–H groups in total. The number of aliphatic carboxylic acids is 1. The van der Waals surface area contributed by atoms with Crippen molar-refractivity contribution in [2.24, 2.45) is 0 Å². The summed E-state index contributed by atoms with van der Waals surface area (Å²) in [6.45, 7) is 2.52. The highest BCUT2D eigenvalue weighted by Gasteiger charge is 2.17. The van der Waals surface area contributed by atoms with Crippen LogP contribution >= 0.6 is 0 Å². The molecule has 0 aliphatic rings. The number of rotatable bonds is 6. The quantitative estimate of drug-likeness (QED) is 0.604. The fourth-order valence-electron chi connectivity index (χ4n) is 1.51. The van der Waals surface area contributed by atoms with Crippen LogP contribution in [0.4, 0.5) is 11.5 Å². The van der Waals surface area contributed by atoms with Gasteiger partial charge >= 0.3 is 11.7 Å². The summed E-state index contributed by atoms with van der Waals surface area (Å²) >= 11 is 0. The van der Waals surface area contributed by atoms with E-state index in [0.29, 0.717) is 12.4 Å². The lowest BCUT2D eigenvalue weighted by Crippen LogP contribution is -2.26. The molecule has 0 atom stereocenters. The predicted octanol–water partition coefficient (Wildman–Crippen LogP) is 1.16. The monoisotopic (exact) mass is 264 g/mol. The van der Waals surface area contributed by atoms with Crippen molar-refractivity contribution in [3.8, 4) is 6.07 Å². The molecule has 100 valence electrons. The van der Waals surface area contributed by atoms with Crippen LogP contribution in [0.3, 0.4) is 0 Å². The van der Waals surface area contributed by atoms with Gasteiger partial charge in [-0.3, -0.25) is 14.9 Å². The lowest BCUT2D eigenvalue weighted by molar-refractivity contribution is -0.385. The van der Waals surface area contributed by atoms with Gasteiger partial charge in [-0.15, -0.1) is 0 Å². The van der Waals surface area contributed by atoms with Crippen molar-refractivity contribution in [1.29, 1.82) is 5.26 Å². The largest absolute Gasteiger partial charge is 0.481 e. The highest BCUT2D eigenvalue weighted by atomic mass is 16.6. The molecule has 19 heavy (non-hydrogen) atoms. The summed E-state index contributed by atoms with van der Waals surface area (Å²) in [6.07, 6.45) is -0.0750. The highest BCUT2D eigenvalue weighted by molar-refractivity contribution is 5.67.